The molecule has 0 saturated heterocycles. The Bertz CT molecular complexity index is 332. The molecule has 0 amide bonds. The number of aryl methyl sites for hydroxylation is 2. The highest BCUT2D eigenvalue weighted by atomic mass is 16.3. The highest BCUT2D eigenvalue weighted by molar-refractivity contribution is 5.54. The third kappa shape index (κ3) is 1.62. The molecule has 1 atom stereocenters. The van der Waals surface area contributed by atoms with Crippen LogP contribution in [0.5, 0.6) is 0 Å². The van der Waals surface area contributed by atoms with Gasteiger partial charge in [0.05, 0.1) is 6.10 Å². The Kier molecular flexibility index (Phi) is 2.23. The minimum absolute atomic E-state index is 0.284. The SMILES string of the molecule is Cc1cc(C(O)C2CC2)cc(C)c1N. The van der Waals surface area contributed by atoms with Crippen LogP contribution in [0.4, 0.5) is 5.69 Å². The zero-order valence-corrected chi connectivity index (χ0v) is 8.75. The van der Waals surface area contributed by atoms with Gasteiger partial charge in [-0.3, -0.25) is 0 Å². The zero-order chi connectivity index (χ0) is 10.3. The second kappa shape index (κ2) is 3.28. The second-order valence-electron chi connectivity index (χ2n) is 4.35. The molecule has 0 spiro atoms. The molecule has 0 radical (unpaired) electrons. The molecule has 2 heteroatoms. The Labute approximate surface area is 84.7 Å². The quantitative estimate of drug-likeness (QED) is 0.705. The molecule has 2 nitrogen and oxygen atoms in total. The summed E-state index contributed by atoms with van der Waals surface area (Å²) >= 11 is 0. The van der Waals surface area contributed by atoms with Crippen molar-refractivity contribution in [2.24, 2.45) is 5.92 Å². The zero-order valence-electron chi connectivity index (χ0n) is 8.75. The first-order valence-electron chi connectivity index (χ1n) is 5.14. The monoisotopic (exact) mass is 191 g/mol. The Morgan fingerprint density at radius 2 is 1.79 bits per heavy atom. The van der Waals surface area contributed by atoms with E-state index in [0.717, 1.165) is 35.2 Å². The fourth-order valence-corrected chi connectivity index (χ4v) is 1.86. The smallest absolute Gasteiger partial charge is 0.0818 e. The summed E-state index contributed by atoms with van der Waals surface area (Å²) in [6, 6.07) is 4.01. The molecule has 3 N–H and O–H groups in total. The van der Waals surface area contributed by atoms with Gasteiger partial charge in [0, 0.05) is 5.69 Å². The molecule has 76 valence electrons. The summed E-state index contributed by atoms with van der Waals surface area (Å²) in [5.74, 6) is 0.484. The maximum absolute atomic E-state index is 9.96. The summed E-state index contributed by atoms with van der Waals surface area (Å²) < 4.78 is 0. The molecule has 1 aliphatic rings. The highest BCUT2D eigenvalue weighted by Gasteiger charge is 2.30. The van der Waals surface area contributed by atoms with Gasteiger partial charge in [0.25, 0.3) is 0 Å². The number of anilines is 1. The molecule has 1 unspecified atom stereocenters. The van der Waals surface area contributed by atoms with Gasteiger partial charge in [-0.1, -0.05) is 12.1 Å². The van der Waals surface area contributed by atoms with Crippen LogP contribution in [0.1, 0.15) is 35.6 Å². The third-order valence-corrected chi connectivity index (χ3v) is 3.03. The summed E-state index contributed by atoms with van der Waals surface area (Å²) in [6.45, 7) is 3.98. The number of aliphatic hydroxyl groups is 1. The van der Waals surface area contributed by atoms with E-state index in [1.807, 2.05) is 26.0 Å². The Hall–Kier alpha value is -1.02. The Morgan fingerprint density at radius 3 is 2.21 bits per heavy atom. The summed E-state index contributed by atoms with van der Waals surface area (Å²) in [7, 11) is 0. The van der Waals surface area contributed by atoms with Gasteiger partial charge in [0.15, 0.2) is 0 Å². The van der Waals surface area contributed by atoms with Gasteiger partial charge >= 0.3 is 0 Å². The maximum Gasteiger partial charge on any atom is 0.0818 e. The van der Waals surface area contributed by atoms with Gasteiger partial charge in [-0.25, -0.2) is 0 Å². The van der Waals surface area contributed by atoms with E-state index in [-0.39, 0.29) is 6.10 Å². The lowest BCUT2D eigenvalue weighted by Crippen LogP contribution is -2.03. The molecule has 0 heterocycles. The standard InChI is InChI=1S/C12H17NO/c1-7-5-10(6-8(2)11(7)13)12(14)9-3-4-9/h5-6,9,12,14H,3-4,13H2,1-2H3. The van der Waals surface area contributed by atoms with Crippen molar-refractivity contribution < 1.29 is 5.11 Å². The third-order valence-electron chi connectivity index (χ3n) is 3.03. The number of benzene rings is 1. The van der Waals surface area contributed by atoms with Crippen LogP contribution in [0.3, 0.4) is 0 Å². The average Bonchev–Trinajstić information content (AvgIpc) is 2.95. The summed E-state index contributed by atoms with van der Waals surface area (Å²) in [5, 5.41) is 9.96. The fourth-order valence-electron chi connectivity index (χ4n) is 1.86. The van der Waals surface area contributed by atoms with Crippen LogP contribution in [0.2, 0.25) is 0 Å². The first kappa shape index (κ1) is 9.53. The number of hydrogen-bond donors (Lipinski definition) is 2. The predicted molar refractivity (Wildman–Crippen MR) is 58.0 cm³/mol. The van der Waals surface area contributed by atoms with E-state index in [4.69, 9.17) is 5.73 Å². The van der Waals surface area contributed by atoms with E-state index < -0.39 is 0 Å². The summed E-state index contributed by atoms with van der Waals surface area (Å²) in [4.78, 5) is 0. The van der Waals surface area contributed by atoms with E-state index in [9.17, 15) is 5.11 Å². The number of hydrogen-bond acceptors (Lipinski definition) is 2. The van der Waals surface area contributed by atoms with E-state index in [1.54, 1.807) is 0 Å². The molecule has 0 aromatic heterocycles. The summed E-state index contributed by atoms with van der Waals surface area (Å²) in [6.07, 6.45) is 2.03. The topological polar surface area (TPSA) is 46.2 Å². The molecule has 1 saturated carbocycles. The fraction of sp³-hybridized carbons (Fsp3) is 0.500. The molecule has 2 rings (SSSR count). The molecule has 1 aromatic carbocycles. The lowest BCUT2D eigenvalue weighted by atomic mass is 9.99. The van der Waals surface area contributed by atoms with Crippen molar-refractivity contribution in [3.05, 3.63) is 28.8 Å². The summed E-state index contributed by atoms with van der Waals surface area (Å²) in [5.41, 5.74) is 9.87. The van der Waals surface area contributed by atoms with Crippen molar-refractivity contribution >= 4 is 5.69 Å². The molecule has 14 heavy (non-hydrogen) atoms. The van der Waals surface area contributed by atoms with E-state index in [0.29, 0.717) is 5.92 Å². The molecule has 0 bridgehead atoms. The van der Waals surface area contributed by atoms with Crippen LogP contribution < -0.4 is 5.73 Å². The van der Waals surface area contributed by atoms with Crippen LogP contribution >= 0.6 is 0 Å². The van der Waals surface area contributed by atoms with E-state index in [1.165, 1.54) is 0 Å². The van der Waals surface area contributed by atoms with Gasteiger partial charge in [-0.15, -0.1) is 0 Å². The minimum Gasteiger partial charge on any atom is -0.398 e. The Balaban J connectivity index is 2.34. The number of nitrogens with two attached hydrogens (primary N) is 1. The lowest BCUT2D eigenvalue weighted by molar-refractivity contribution is 0.153. The van der Waals surface area contributed by atoms with Crippen LogP contribution in [-0.4, -0.2) is 5.11 Å². The van der Waals surface area contributed by atoms with Crippen LogP contribution in [0.15, 0.2) is 12.1 Å². The molecular weight excluding hydrogens is 174 g/mol. The largest absolute Gasteiger partial charge is 0.398 e. The van der Waals surface area contributed by atoms with Crippen molar-refractivity contribution in [3.8, 4) is 0 Å². The van der Waals surface area contributed by atoms with Crippen molar-refractivity contribution in [1.29, 1.82) is 0 Å². The van der Waals surface area contributed by atoms with Gasteiger partial charge in [-0.2, -0.15) is 0 Å². The van der Waals surface area contributed by atoms with Crippen molar-refractivity contribution in [3.63, 3.8) is 0 Å². The second-order valence-corrected chi connectivity index (χ2v) is 4.35. The molecular formula is C12H17NO. The number of rotatable bonds is 2. The first-order chi connectivity index (χ1) is 6.59. The van der Waals surface area contributed by atoms with Gasteiger partial charge in [0.1, 0.15) is 0 Å². The predicted octanol–water partition coefficient (Wildman–Crippen LogP) is 2.33. The molecule has 1 aromatic rings. The van der Waals surface area contributed by atoms with Gasteiger partial charge in [0.2, 0.25) is 0 Å². The normalized spacial score (nSPS) is 18.2. The van der Waals surface area contributed by atoms with Crippen molar-refractivity contribution in [1.82, 2.24) is 0 Å². The van der Waals surface area contributed by atoms with Crippen molar-refractivity contribution in [2.75, 3.05) is 5.73 Å². The Morgan fingerprint density at radius 1 is 1.29 bits per heavy atom. The van der Waals surface area contributed by atoms with Gasteiger partial charge in [-0.05, 0) is 49.3 Å². The average molecular weight is 191 g/mol. The van der Waals surface area contributed by atoms with Crippen molar-refractivity contribution in [2.45, 2.75) is 32.8 Å². The highest BCUT2D eigenvalue weighted by Crippen LogP contribution is 2.41. The van der Waals surface area contributed by atoms with Crippen LogP contribution in [0, 0.1) is 19.8 Å². The molecule has 1 fully saturated rings. The maximum atomic E-state index is 9.96. The number of nitrogen functional groups attached to an aromatic ring is 1. The minimum atomic E-state index is -0.284. The van der Waals surface area contributed by atoms with Crippen LogP contribution in [-0.2, 0) is 0 Å². The molecule has 1 aliphatic carbocycles. The molecule has 0 aliphatic heterocycles. The van der Waals surface area contributed by atoms with E-state index >= 15 is 0 Å². The van der Waals surface area contributed by atoms with E-state index in [2.05, 4.69) is 0 Å². The first-order valence-corrected chi connectivity index (χ1v) is 5.14. The van der Waals surface area contributed by atoms with Gasteiger partial charge < -0.3 is 10.8 Å². The number of aliphatic hydroxyl groups excluding tert-OH is 1. The van der Waals surface area contributed by atoms with Crippen LogP contribution in [0.25, 0.3) is 0 Å². The lowest BCUT2D eigenvalue weighted by Gasteiger charge is -2.13.